The van der Waals surface area contributed by atoms with Gasteiger partial charge in [-0.3, -0.25) is 14.8 Å². The van der Waals surface area contributed by atoms with Gasteiger partial charge in [-0.25, -0.2) is 4.39 Å². The number of nitrogens with zero attached hydrogens (tertiary/aromatic N) is 4. The van der Waals surface area contributed by atoms with Gasteiger partial charge in [0.25, 0.3) is 5.69 Å². The van der Waals surface area contributed by atoms with Crippen LogP contribution in [0.4, 0.5) is 15.8 Å². The normalized spacial score (nSPS) is 17.3. The fourth-order valence-electron chi connectivity index (χ4n) is 3.07. The van der Waals surface area contributed by atoms with Crippen molar-refractivity contribution in [1.82, 2.24) is 9.78 Å². The van der Waals surface area contributed by atoms with Crippen LogP contribution >= 0.6 is 0 Å². The molecule has 1 aromatic carbocycles. The molecular formula is C15H17FN4O3. The number of nitro benzene ring substituents is 1. The highest BCUT2D eigenvalue weighted by atomic mass is 19.1. The van der Waals surface area contributed by atoms with E-state index in [4.69, 9.17) is 0 Å². The monoisotopic (exact) mass is 320 g/mol. The predicted molar refractivity (Wildman–Crippen MR) is 81.6 cm³/mol. The summed E-state index contributed by atoms with van der Waals surface area (Å²) in [6.45, 7) is 0.910. The number of hydrogen-bond acceptors (Lipinski definition) is 5. The maximum absolute atomic E-state index is 14.1. The lowest BCUT2D eigenvalue weighted by Gasteiger charge is -2.39. The molecule has 0 spiro atoms. The summed E-state index contributed by atoms with van der Waals surface area (Å²) >= 11 is 0. The van der Waals surface area contributed by atoms with Crippen molar-refractivity contribution in [1.29, 1.82) is 0 Å². The van der Waals surface area contributed by atoms with Gasteiger partial charge >= 0.3 is 0 Å². The Hall–Kier alpha value is -2.48. The molecule has 1 aliphatic heterocycles. The Morgan fingerprint density at radius 1 is 1.35 bits per heavy atom. The minimum Gasteiger partial charge on any atom is -0.383 e. The zero-order valence-corrected chi connectivity index (χ0v) is 12.6. The number of aliphatic hydroxyl groups is 1. The second-order valence-corrected chi connectivity index (χ2v) is 5.75. The van der Waals surface area contributed by atoms with Crippen molar-refractivity contribution < 1.29 is 14.4 Å². The number of piperidine rings is 1. The molecule has 1 N–H and O–H groups in total. The summed E-state index contributed by atoms with van der Waals surface area (Å²) < 4.78 is 15.7. The van der Waals surface area contributed by atoms with Crippen LogP contribution in [0.1, 0.15) is 18.5 Å². The molecule has 2 heterocycles. The smallest absolute Gasteiger partial charge is 0.272 e. The summed E-state index contributed by atoms with van der Waals surface area (Å²) in [5.74, 6) is -0.620. The topological polar surface area (TPSA) is 84.4 Å². The largest absolute Gasteiger partial charge is 0.383 e. The molecule has 0 bridgehead atoms. The molecule has 7 nitrogen and oxygen atoms in total. The molecule has 0 amide bonds. The molecule has 1 aromatic heterocycles. The summed E-state index contributed by atoms with van der Waals surface area (Å²) in [5, 5.41) is 25.5. The van der Waals surface area contributed by atoms with Crippen molar-refractivity contribution in [2.75, 3.05) is 18.0 Å². The van der Waals surface area contributed by atoms with Gasteiger partial charge in [0.15, 0.2) is 5.82 Å². The average Bonchev–Trinajstić information content (AvgIpc) is 2.95. The molecule has 0 radical (unpaired) electrons. The minimum absolute atomic E-state index is 0.269. The van der Waals surface area contributed by atoms with Crippen LogP contribution in [0, 0.1) is 15.9 Å². The summed E-state index contributed by atoms with van der Waals surface area (Å²) in [4.78, 5) is 11.8. The fraction of sp³-hybridized carbons (Fsp3) is 0.400. The molecule has 0 aliphatic carbocycles. The number of nitro groups is 1. The number of aryl methyl sites for hydroxylation is 1. The highest BCUT2D eigenvalue weighted by Crippen LogP contribution is 2.35. The quantitative estimate of drug-likeness (QED) is 0.690. The first-order valence-corrected chi connectivity index (χ1v) is 7.30. The Morgan fingerprint density at radius 3 is 2.57 bits per heavy atom. The van der Waals surface area contributed by atoms with Gasteiger partial charge in [0.2, 0.25) is 0 Å². The van der Waals surface area contributed by atoms with Gasteiger partial charge in [0.05, 0.1) is 22.4 Å². The number of anilines is 1. The van der Waals surface area contributed by atoms with E-state index in [-0.39, 0.29) is 5.69 Å². The molecule has 0 unspecified atom stereocenters. The second kappa shape index (κ2) is 5.62. The number of rotatable bonds is 3. The Morgan fingerprint density at radius 2 is 2.04 bits per heavy atom. The summed E-state index contributed by atoms with van der Waals surface area (Å²) in [5.41, 5.74) is -0.197. The van der Waals surface area contributed by atoms with Crippen molar-refractivity contribution in [3.63, 3.8) is 0 Å². The van der Waals surface area contributed by atoms with Crippen LogP contribution in [-0.2, 0) is 12.6 Å². The second-order valence-electron chi connectivity index (χ2n) is 5.75. The lowest BCUT2D eigenvalue weighted by Crippen LogP contribution is -2.43. The fourth-order valence-corrected chi connectivity index (χ4v) is 3.07. The third-order valence-corrected chi connectivity index (χ3v) is 4.37. The Bertz CT molecular complexity index is 738. The maximum atomic E-state index is 14.1. The Balaban J connectivity index is 1.77. The van der Waals surface area contributed by atoms with E-state index in [1.807, 2.05) is 0 Å². The molecule has 1 saturated heterocycles. The molecule has 8 heteroatoms. The number of hydrogen-bond donors (Lipinski definition) is 1. The molecule has 0 atom stereocenters. The van der Waals surface area contributed by atoms with Crippen LogP contribution in [0.2, 0.25) is 0 Å². The SMILES string of the molecule is Cn1nccc1C1(O)CCN(c2ccc([N+](=O)[O-])cc2F)CC1. The van der Waals surface area contributed by atoms with Gasteiger partial charge in [0, 0.05) is 32.4 Å². The van der Waals surface area contributed by atoms with E-state index in [1.165, 1.54) is 12.1 Å². The van der Waals surface area contributed by atoms with Gasteiger partial charge in [0.1, 0.15) is 5.60 Å². The molecule has 122 valence electrons. The maximum Gasteiger partial charge on any atom is 0.272 e. The number of aromatic nitrogens is 2. The molecule has 1 aliphatic rings. The lowest BCUT2D eigenvalue weighted by molar-refractivity contribution is -0.385. The van der Waals surface area contributed by atoms with Gasteiger partial charge in [-0.15, -0.1) is 0 Å². The third kappa shape index (κ3) is 2.77. The number of non-ortho nitro benzene ring substituents is 1. The predicted octanol–water partition coefficient (Wildman–Crippen LogP) is 1.96. The zero-order chi connectivity index (χ0) is 16.6. The van der Waals surface area contributed by atoms with Gasteiger partial charge in [-0.1, -0.05) is 0 Å². The summed E-state index contributed by atoms with van der Waals surface area (Å²) in [7, 11) is 1.77. The van der Waals surface area contributed by atoms with E-state index >= 15 is 0 Å². The van der Waals surface area contributed by atoms with Crippen molar-refractivity contribution in [2.45, 2.75) is 18.4 Å². The van der Waals surface area contributed by atoms with E-state index in [1.54, 1.807) is 28.9 Å². The van der Waals surface area contributed by atoms with Crippen molar-refractivity contribution in [3.05, 3.63) is 52.1 Å². The molecular weight excluding hydrogens is 303 g/mol. The van der Waals surface area contributed by atoms with Crippen LogP contribution < -0.4 is 4.90 Å². The third-order valence-electron chi connectivity index (χ3n) is 4.37. The number of halogens is 1. The Kier molecular flexibility index (Phi) is 3.77. The number of benzene rings is 1. The zero-order valence-electron chi connectivity index (χ0n) is 12.6. The molecule has 2 aromatic rings. The average molecular weight is 320 g/mol. The van der Waals surface area contributed by atoms with Crippen molar-refractivity contribution in [2.24, 2.45) is 7.05 Å². The van der Waals surface area contributed by atoms with Crippen molar-refractivity contribution >= 4 is 11.4 Å². The van der Waals surface area contributed by atoms with E-state index in [9.17, 15) is 19.6 Å². The first-order valence-electron chi connectivity index (χ1n) is 7.30. The molecule has 3 rings (SSSR count). The van der Waals surface area contributed by atoms with E-state index < -0.39 is 16.3 Å². The van der Waals surface area contributed by atoms with Gasteiger partial charge < -0.3 is 10.0 Å². The van der Waals surface area contributed by atoms with Gasteiger partial charge in [-0.05, 0) is 25.0 Å². The van der Waals surface area contributed by atoms with Crippen LogP contribution in [0.25, 0.3) is 0 Å². The summed E-state index contributed by atoms with van der Waals surface area (Å²) in [6.07, 6.45) is 2.50. The molecule has 0 saturated carbocycles. The lowest BCUT2D eigenvalue weighted by atomic mass is 9.88. The first-order chi connectivity index (χ1) is 10.9. The molecule has 1 fully saturated rings. The van der Waals surface area contributed by atoms with Crippen LogP contribution in [-0.4, -0.2) is 32.9 Å². The first kappa shape index (κ1) is 15.4. The van der Waals surface area contributed by atoms with Crippen LogP contribution in [0.15, 0.2) is 30.5 Å². The van der Waals surface area contributed by atoms with Gasteiger partial charge in [-0.2, -0.15) is 5.10 Å². The van der Waals surface area contributed by atoms with E-state index in [2.05, 4.69) is 5.10 Å². The Labute approximate surface area is 132 Å². The van der Waals surface area contributed by atoms with Crippen molar-refractivity contribution in [3.8, 4) is 0 Å². The standard InChI is InChI=1S/C15H17FN4O3/c1-18-14(4-7-17-18)15(21)5-8-19(9-6-15)13-3-2-11(20(22)23)10-12(13)16/h2-4,7,10,21H,5-6,8-9H2,1H3. The highest BCUT2D eigenvalue weighted by Gasteiger charge is 2.36. The van der Waals surface area contributed by atoms with E-state index in [0.29, 0.717) is 31.6 Å². The van der Waals surface area contributed by atoms with Crippen LogP contribution in [0.5, 0.6) is 0 Å². The van der Waals surface area contributed by atoms with Crippen LogP contribution in [0.3, 0.4) is 0 Å². The molecule has 23 heavy (non-hydrogen) atoms. The van der Waals surface area contributed by atoms with E-state index in [0.717, 1.165) is 11.8 Å². The summed E-state index contributed by atoms with van der Waals surface area (Å²) in [6, 6.07) is 5.42. The highest BCUT2D eigenvalue weighted by molar-refractivity contribution is 5.52. The minimum atomic E-state index is -0.987.